The van der Waals surface area contributed by atoms with E-state index in [2.05, 4.69) is 16.3 Å². The molecule has 0 saturated carbocycles. The number of carbonyl (C=O) groups excluding carboxylic acids is 1. The lowest BCUT2D eigenvalue weighted by Crippen LogP contribution is -2.42. The van der Waals surface area contributed by atoms with Crippen LogP contribution in [0.4, 0.5) is 0 Å². The topological polar surface area (TPSA) is 87.4 Å². The number of nitriles is 1. The largest absolute Gasteiger partial charge is 0.379 e. The molecule has 2 heterocycles. The van der Waals surface area contributed by atoms with Crippen LogP contribution >= 0.6 is 11.3 Å². The zero-order valence-corrected chi connectivity index (χ0v) is 21.0. The number of nitrogens with one attached hydrogen (secondary N) is 1. The Bertz CT molecular complexity index is 1640. The minimum absolute atomic E-state index is 0.0782. The standard InChI is InChI=1S/C29H26N4O3S/c30-20-25(27(34)31-13-14-32-15-17-36-18-16-32)29-33(23-10-2-1-3-11-23)28(35)26(37-29)19-22-9-6-8-21-7-4-5-12-24(21)22/h1-12,19H,13-18H2,(H,31,34). The zero-order valence-electron chi connectivity index (χ0n) is 20.2. The van der Waals surface area contributed by atoms with Gasteiger partial charge in [0.25, 0.3) is 11.5 Å². The molecule has 7 nitrogen and oxygen atoms in total. The number of hydrogen-bond acceptors (Lipinski definition) is 6. The minimum atomic E-state index is -0.488. The lowest BCUT2D eigenvalue weighted by Gasteiger charge is -2.26. The van der Waals surface area contributed by atoms with E-state index in [1.54, 1.807) is 12.1 Å². The number of carbonyl (C=O) groups is 1. The SMILES string of the molecule is N#CC(C(=O)NCCN1CCOCC1)=c1sc(=Cc2cccc3ccccc23)c(=O)n1-c1ccccc1. The fourth-order valence-corrected chi connectivity index (χ4v) is 5.51. The number of ether oxygens (including phenoxy) is 1. The van der Waals surface area contributed by atoms with Crippen LogP contribution in [0.15, 0.2) is 77.6 Å². The monoisotopic (exact) mass is 510 g/mol. The summed E-state index contributed by atoms with van der Waals surface area (Å²) in [4.78, 5) is 29.0. The van der Waals surface area contributed by atoms with E-state index in [4.69, 9.17) is 4.74 Å². The molecular weight excluding hydrogens is 484 g/mol. The predicted octanol–water partition coefficient (Wildman–Crippen LogP) is 2.00. The first-order valence-corrected chi connectivity index (χ1v) is 13.0. The first-order chi connectivity index (χ1) is 18.2. The van der Waals surface area contributed by atoms with Crippen LogP contribution in [0.1, 0.15) is 5.56 Å². The van der Waals surface area contributed by atoms with Gasteiger partial charge in [-0.25, -0.2) is 0 Å². The van der Waals surface area contributed by atoms with Gasteiger partial charge >= 0.3 is 0 Å². The third-order valence-electron chi connectivity index (χ3n) is 6.32. The second-order valence-corrected chi connectivity index (χ2v) is 9.69. The van der Waals surface area contributed by atoms with Crippen molar-refractivity contribution in [1.82, 2.24) is 14.8 Å². The molecule has 186 valence electrons. The Morgan fingerprint density at radius 1 is 1.03 bits per heavy atom. The number of amides is 1. The first-order valence-electron chi connectivity index (χ1n) is 12.1. The highest BCUT2D eigenvalue weighted by atomic mass is 32.1. The molecule has 0 aliphatic carbocycles. The number of rotatable bonds is 6. The second-order valence-electron chi connectivity index (χ2n) is 8.66. The van der Waals surface area contributed by atoms with Crippen molar-refractivity contribution in [1.29, 1.82) is 5.26 Å². The number of nitrogens with zero attached hydrogens (tertiary/aromatic N) is 3. The fourth-order valence-electron chi connectivity index (χ4n) is 4.42. The lowest BCUT2D eigenvalue weighted by molar-refractivity contribution is -0.115. The molecule has 0 atom stereocenters. The average molecular weight is 511 g/mol. The highest BCUT2D eigenvalue weighted by Gasteiger charge is 2.18. The van der Waals surface area contributed by atoms with E-state index < -0.39 is 5.91 Å². The van der Waals surface area contributed by atoms with Crippen molar-refractivity contribution in [2.45, 2.75) is 0 Å². The molecule has 0 radical (unpaired) electrons. The smallest absolute Gasteiger partial charge is 0.273 e. The van der Waals surface area contributed by atoms with Crippen LogP contribution in [0.25, 0.3) is 28.1 Å². The number of morpholine rings is 1. The molecule has 3 aromatic carbocycles. The highest BCUT2D eigenvalue weighted by molar-refractivity contribution is 7.07. The van der Waals surface area contributed by atoms with Gasteiger partial charge in [0.1, 0.15) is 10.7 Å². The van der Waals surface area contributed by atoms with Crippen molar-refractivity contribution in [3.8, 4) is 11.8 Å². The van der Waals surface area contributed by atoms with Crippen molar-refractivity contribution < 1.29 is 9.53 Å². The summed E-state index contributed by atoms with van der Waals surface area (Å²) in [6.45, 7) is 4.06. The van der Waals surface area contributed by atoms with Crippen molar-refractivity contribution in [2.75, 3.05) is 39.4 Å². The summed E-state index contributed by atoms with van der Waals surface area (Å²) >= 11 is 1.15. The average Bonchev–Trinajstić information content (AvgIpc) is 3.25. The molecule has 1 N–H and O–H groups in total. The number of thiazole rings is 1. The minimum Gasteiger partial charge on any atom is -0.379 e. The molecule has 4 aromatic rings. The fraction of sp³-hybridized carbons (Fsp3) is 0.207. The van der Waals surface area contributed by atoms with Gasteiger partial charge in [-0.15, -0.1) is 11.3 Å². The molecule has 0 unspecified atom stereocenters. The van der Waals surface area contributed by atoms with Crippen LogP contribution in [-0.4, -0.2) is 54.8 Å². The Morgan fingerprint density at radius 2 is 1.76 bits per heavy atom. The predicted molar refractivity (Wildman–Crippen MR) is 146 cm³/mol. The normalized spacial score (nSPS) is 15.4. The van der Waals surface area contributed by atoms with E-state index in [-0.39, 0.29) is 11.1 Å². The number of hydrogen-bond donors (Lipinski definition) is 1. The molecule has 1 amide bonds. The zero-order chi connectivity index (χ0) is 25.6. The highest BCUT2D eigenvalue weighted by Crippen LogP contribution is 2.18. The number of fused-ring (bicyclic) bond motifs is 1. The Morgan fingerprint density at radius 3 is 2.54 bits per heavy atom. The molecule has 0 bridgehead atoms. The van der Waals surface area contributed by atoms with Crippen LogP contribution in [0.2, 0.25) is 0 Å². The van der Waals surface area contributed by atoms with Crippen LogP contribution < -0.4 is 20.1 Å². The number of benzene rings is 3. The van der Waals surface area contributed by atoms with Gasteiger partial charge in [0.05, 0.1) is 23.4 Å². The third kappa shape index (κ3) is 5.39. The van der Waals surface area contributed by atoms with E-state index in [0.29, 0.717) is 41.2 Å². The van der Waals surface area contributed by atoms with Gasteiger partial charge in [-0.3, -0.25) is 19.1 Å². The molecule has 1 aromatic heterocycles. The summed E-state index contributed by atoms with van der Waals surface area (Å²) in [5.41, 5.74) is 1.15. The summed E-state index contributed by atoms with van der Waals surface area (Å²) in [6.07, 6.45) is 1.84. The Kier molecular flexibility index (Phi) is 7.57. The van der Waals surface area contributed by atoms with E-state index in [0.717, 1.165) is 40.8 Å². The Labute approximate surface area is 218 Å². The van der Waals surface area contributed by atoms with Crippen LogP contribution in [0.5, 0.6) is 0 Å². The Hall–Kier alpha value is -4.03. The van der Waals surface area contributed by atoms with E-state index in [1.165, 1.54) is 4.57 Å². The summed E-state index contributed by atoms with van der Waals surface area (Å²) in [5, 5.41) is 15.0. The van der Waals surface area contributed by atoms with Gasteiger partial charge in [-0.1, -0.05) is 60.7 Å². The van der Waals surface area contributed by atoms with Gasteiger partial charge in [0, 0.05) is 26.2 Å². The molecular formula is C29H26N4O3S. The maximum Gasteiger partial charge on any atom is 0.273 e. The summed E-state index contributed by atoms with van der Waals surface area (Å²) < 4.78 is 7.59. The summed E-state index contributed by atoms with van der Waals surface area (Å²) in [5.74, 6) is -0.488. The van der Waals surface area contributed by atoms with Gasteiger partial charge in [-0.05, 0) is 34.5 Å². The van der Waals surface area contributed by atoms with Crippen molar-refractivity contribution >= 4 is 39.7 Å². The van der Waals surface area contributed by atoms with Crippen LogP contribution in [0.3, 0.4) is 0 Å². The second kappa shape index (κ2) is 11.4. The Balaban J connectivity index is 1.60. The molecule has 1 fully saturated rings. The van der Waals surface area contributed by atoms with Crippen LogP contribution in [0, 0.1) is 11.3 Å². The lowest BCUT2D eigenvalue weighted by atomic mass is 10.0. The van der Waals surface area contributed by atoms with Crippen molar-refractivity contribution in [2.24, 2.45) is 0 Å². The van der Waals surface area contributed by atoms with Gasteiger partial charge in [0.15, 0.2) is 5.57 Å². The molecule has 1 saturated heterocycles. The molecule has 0 spiro atoms. The quantitative estimate of drug-likeness (QED) is 0.429. The molecule has 1 aliphatic heterocycles. The van der Waals surface area contributed by atoms with E-state index in [1.807, 2.05) is 66.7 Å². The maximum absolute atomic E-state index is 13.7. The number of para-hydroxylation sites is 1. The molecule has 5 rings (SSSR count). The van der Waals surface area contributed by atoms with Gasteiger partial charge in [0.2, 0.25) is 0 Å². The maximum atomic E-state index is 13.7. The summed E-state index contributed by atoms with van der Waals surface area (Å²) in [6, 6.07) is 25.1. The van der Waals surface area contributed by atoms with Gasteiger partial charge in [-0.2, -0.15) is 5.26 Å². The van der Waals surface area contributed by atoms with Crippen LogP contribution in [-0.2, 0) is 9.53 Å². The molecule has 1 aliphatic rings. The van der Waals surface area contributed by atoms with Gasteiger partial charge < -0.3 is 10.1 Å². The third-order valence-corrected chi connectivity index (χ3v) is 7.41. The molecule has 8 heteroatoms. The molecule has 37 heavy (non-hydrogen) atoms. The number of aromatic nitrogens is 1. The van der Waals surface area contributed by atoms with E-state index in [9.17, 15) is 14.9 Å². The summed E-state index contributed by atoms with van der Waals surface area (Å²) in [7, 11) is 0. The van der Waals surface area contributed by atoms with Crippen molar-refractivity contribution in [3.63, 3.8) is 0 Å². The first kappa shape index (κ1) is 24.7. The van der Waals surface area contributed by atoms with Crippen molar-refractivity contribution in [3.05, 3.63) is 97.9 Å². The van der Waals surface area contributed by atoms with E-state index >= 15 is 0 Å².